The fourth-order valence-electron chi connectivity index (χ4n) is 9.11. The minimum atomic E-state index is 0.620. The van der Waals surface area contributed by atoms with Crippen molar-refractivity contribution in [1.82, 2.24) is 29.9 Å². The van der Waals surface area contributed by atoms with Crippen LogP contribution in [0.4, 0.5) is 0 Å². The number of benzene rings is 8. The monoisotopic (exact) mass is 894 g/mol. The maximum atomic E-state index is 5.29. The molecule has 0 spiro atoms. The fraction of sp³-hybridized carbons (Fsp3) is 0. The number of fused-ring (bicyclic) bond motifs is 1. The highest BCUT2D eigenvalue weighted by atomic mass is 14.9. The number of hydrogen-bond acceptors (Lipinski definition) is 6. The van der Waals surface area contributed by atoms with Crippen LogP contribution < -0.4 is 0 Å². The number of nitrogens with zero attached hydrogens (tertiary/aromatic N) is 6. The van der Waals surface area contributed by atoms with E-state index in [0.717, 1.165) is 89.2 Å². The molecule has 0 radical (unpaired) electrons. The summed E-state index contributed by atoms with van der Waals surface area (Å²) in [5, 5.41) is 1.99. The SMILES string of the molecule is c1ccc(-c2ccc(-c3ccc(-c4cc(-c5ccncc5)nc(-c5cccc6c(-c7nc(-c8ccncc8)cc(-c8ccc(-c9ccc(-c%10ccccc%10)cc9)cc8)n7)cccc56)n4)cc3)cc2)cc1. The van der Waals surface area contributed by atoms with Crippen LogP contribution >= 0.6 is 0 Å². The first-order chi connectivity index (χ1) is 34.7. The van der Waals surface area contributed by atoms with Gasteiger partial charge in [-0.05, 0) is 91.7 Å². The molecule has 6 nitrogen and oxygen atoms in total. The Morgan fingerprint density at radius 2 is 0.457 bits per heavy atom. The summed E-state index contributed by atoms with van der Waals surface area (Å²) in [5.41, 5.74) is 18.3. The van der Waals surface area contributed by atoms with Gasteiger partial charge in [0.2, 0.25) is 0 Å². The maximum Gasteiger partial charge on any atom is 0.161 e. The van der Waals surface area contributed by atoms with Crippen LogP contribution in [0.25, 0.3) is 123 Å². The van der Waals surface area contributed by atoms with Gasteiger partial charge in [0.25, 0.3) is 0 Å². The lowest BCUT2D eigenvalue weighted by Gasteiger charge is -2.14. The summed E-state index contributed by atoms with van der Waals surface area (Å²) >= 11 is 0. The second kappa shape index (κ2) is 18.6. The number of hydrogen-bond donors (Lipinski definition) is 0. The molecule has 12 aromatic rings. The van der Waals surface area contributed by atoms with E-state index in [1.165, 1.54) is 22.3 Å². The molecular formula is C64H42N6. The third-order valence-electron chi connectivity index (χ3n) is 12.8. The first-order valence-corrected chi connectivity index (χ1v) is 23.3. The first kappa shape index (κ1) is 41.9. The molecule has 6 heteroatoms. The molecule has 12 rings (SSSR count). The van der Waals surface area contributed by atoms with Gasteiger partial charge in [-0.2, -0.15) is 0 Å². The van der Waals surface area contributed by atoms with Crippen molar-refractivity contribution in [2.75, 3.05) is 0 Å². The van der Waals surface area contributed by atoms with Gasteiger partial charge >= 0.3 is 0 Å². The van der Waals surface area contributed by atoms with E-state index in [1.807, 2.05) is 36.4 Å². The van der Waals surface area contributed by atoms with Gasteiger partial charge in [0, 0.05) is 58.2 Å². The van der Waals surface area contributed by atoms with Crippen LogP contribution in [-0.4, -0.2) is 29.9 Å². The van der Waals surface area contributed by atoms with Gasteiger partial charge < -0.3 is 0 Å². The van der Waals surface area contributed by atoms with Gasteiger partial charge in [-0.3, -0.25) is 9.97 Å². The third-order valence-corrected chi connectivity index (χ3v) is 12.8. The van der Waals surface area contributed by atoms with Crippen LogP contribution in [0.2, 0.25) is 0 Å². The zero-order valence-electron chi connectivity index (χ0n) is 37.9. The Balaban J connectivity index is 0.912. The number of aromatic nitrogens is 6. The molecule has 0 N–H and O–H groups in total. The van der Waals surface area contributed by atoms with Crippen molar-refractivity contribution < 1.29 is 0 Å². The summed E-state index contributed by atoms with van der Waals surface area (Å²) in [7, 11) is 0. The van der Waals surface area contributed by atoms with Crippen molar-refractivity contribution in [2.45, 2.75) is 0 Å². The molecule has 4 aromatic heterocycles. The molecule has 70 heavy (non-hydrogen) atoms. The Hall–Kier alpha value is -9.52. The van der Waals surface area contributed by atoms with Crippen molar-refractivity contribution in [1.29, 1.82) is 0 Å². The average molecular weight is 895 g/mol. The van der Waals surface area contributed by atoms with Gasteiger partial charge in [-0.25, -0.2) is 19.9 Å². The molecule has 0 saturated heterocycles. The number of pyridine rings is 2. The van der Waals surface area contributed by atoms with Gasteiger partial charge in [-0.15, -0.1) is 0 Å². The molecule has 0 unspecified atom stereocenters. The fourth-order valence-corrected chi connectivity index (χ4v) is 9.11. The molecule has 0 atom stereocenters. The van der Waals surface area contributed by atoms with Crippen molar-refractivity contribution in [2.24, 2.45) is 0 Å². The molecule has 0 amide bonds. The zero-order chi connectivity index (χ0) is 46.6. The lowest BCUT2D eigenvalue weighted by molar-refractivity contribution is 1.18. The summed E-state index contributed by atoms with van der Waals surface area (Å²) in [5.74, 6) is 1.24. The quantitative estimate of drug-likeness (QED) is 0.136. The van der Waals surface area contributed by atoms with Crippen molar-refractivity contribution in [3.8, 4) is 112 Å². The second-order valence-corrected chi connectivity index (χ2v) is 17.1. The average Bonchev–Trinajstić information content (AvgIpc) is 3.45. The molecule has 328 valence electrons. The molecule has 0 saturated carbocycles. The highest BCUT2D eigenvalue weighted by Crippen LogP contribution is 2.37. The smallest absolute Gasteiger partial charge is 0.161 e. The predicted octanol–water partition coefficient (Wildman–Crippen LogP) is 15.9. The third kappa shape index (κ3) is 8.53. The van der Waals surface area contributed by atoms with Crippen LogP contribution in [-0.2, 0) is 0 Å². The van der Waals surface area contributed by atoms with E-state index in [-0.39, 0.29) is 0 Å². The summed E-state index contributed by atoms with van der Waals surface area (Å²) in [6, 6.07) is 80.3. The lowest BCUT2D eigenvalue weighted by Crippen LogP contribution is -1.98. The van der Waals surface area contributed by atoms with Crippen LogP contribution in [0.15, 0.2) is 255 Å². The topological polar surface area (TPSA) is 77.3 Å². The zero-order valence-corrected chi connectivity index (χ0v) is 37.9. The Morgan fingerprint density at radius 3 is 0.757 bits per heavy atom. The lowest BCUT2D eigenvalue weighted by atomic mass is 9.97. The number of rotatable bonds is 10. The Morgan fingerprint density at radius 1 is 0.200 bits per heavy atom. The van der Waals surface area contributed by atoms with E-state index < -0.39 is 0 Å². The molecule has 0 aliphatic carbocycles. The summed E-state index contributed by atoms with van der Waals surface area (Å²) in [4.78, 5) is 29.6. The molecular weight excluding hydrogens is 853 g/mol. The first-order valence-electron chi connectivity index (χ1n) is 23.3. The van der Waals surface area contributed by atoms with Gasteiger partial charge in [0.05, 0.1) is 22.8 Å². The normalized spacial score (nSPS) is 11.1. The molecule has 8 aromatic carbocycles. The molecule has 4 heterocycles. The molecule has 0 aliphatic heterocycles. The van der Waals surface area contributed by atoms with Gasteiger partial charge in [0.1, 0.15) is 0 Å². The Bertz CT molecular complexity index is 3500. The summed E-state index contributed by atoms with van der Waals surface area (Å²) < 4.78 is 0. The van der Waals surface area contributed by atoms with Gasteiger partial charge in [0.15, 0.2) is 11.6 Å². The van der Waals surface area contributed by atoms with Crippen LogP contribution in [0, 0.1) is 0 Å². The van der Waals surface area contributed by atoms with E-state index in [9.17, 15) is 0 Å². The van der Waals surface area contributed by atoms with Crippen molar-refractivity contribution >= 4 is 10.8 Å². The highest BCUT2D eigenvalue weighted by Gasteiger charge is 2.18. The van der Waals surface area contributed by atoms with E-state index >= 15 is 0 Å². The highest BCUT2D eigenvalue weighted by molar-refractivity contribution is 6.03. The Labute approximate surface area is 406 Å². The van der Waals surface area contributed by atoms with Crippen LogP contribution in [0.1, 0.15) is 0 Å². The van der Waals surface area contributed by atoms with Crippen LogP contribution in [0.5, 0.6) is 0 Å². The largest absolute Gasteiger partial charge is 0.265 e. The van der Waals surface area contributed by atoms with E-state index in [1.54, 1.807) is 24.8 Å². The standard InChI is InChI=1S/C64H42N6/c1-3-9-43(10-4-1)45-17-21-47(22-18-45)49-25-29-51(30-26-49)59-41-61(53-33-37-65-38-34-53)69-63(67-59)57-15-7-14-56-55(57)13-8-16-58(56)64-68-60(42-62(70-64)54-35-39-66-40-36-54)52-31-27-50(28-32-52)48-23-19-46(20-24-48)44-11-5-2-6-12-44/h1-42H. The second-order valence-electron chi connectivity index (χ2n) is 17.1. The maximum absolute atomic E-state index is 5.29. The molecule has 0 bridgehead atoms. The minimum absolute atomic E-state index is 0.620. The predicted molar refractivity (Wildman–Crippen MR) is 285 cm³/mol. The Kier molecular flexibility index (Phi) is 11.1. The van der Waals surface area contributed by atoms with E-state index in [4.69, 9.17) is 19.9 Å². The summed E-state index contributed by atoms with van der Waals surface area (Å²) in [6.45, 7) is 0. The van der Waals surface area contributed by atoms with Crippen LogP contribution in [0.3, 0.4) is 0 Å². The molecule has 0 aliphatic rings. The van der Waals surface area contributed by atoms with E-state index in [2.05, 4.69) is 204 Å². The van der Waals surface area contributed by atoms with Gasteiger partial charge in [-0.1, -0.05) is 194 Å². The molecule has 0 fully saturated rings. The summed E-state index contributed by atoms with van der Waals surface area (Å²) in [6.07, 6.45) is 7.19. The minimum Gasteiger partial charge on any atom is -0.265 e. The van der Waals surface area contributed by atoms with Crippen molar-refractivity contribution in [3.63, 3.8) is 0 Å². The van der Waals surface area contributed by atoms with E-state index in [0.29, 0.717) is 11.6 Å². The van der Waals surface area contributed by atoms with Crippen molar-refractivity contribution in [3.05, 3.63) is 255 Å².